The van der Waals surface area contributed by atoms with Crippen LogP contribution in [-0.2, 0) is 17.6 Å². The first-order valence-electron chi connectivity index (χ1n) is 11.0. The summed E-state index contributed by atoms with van der Waals surface area (Å²) in [5.74, 6) is 1.10. The highest BCUT2D eigenvalue weighted by Gasteiger charge is 2.24. The van der Waals surface area contributed by atoms with Gasteiger partial charge in [-0.2, -0.15) is 5.10 Å². The highest BCUT2D eigenvalue weighted by molar-refractivity contribution is 5.78. The smallest absolute Gasteiger partial charge is 0.228 e. The van der Waals surface area contributed by atoms with E-state index in [1.807, 2.05) is 17.0 Å². The molecule has 1 atom stereocenters. The molecule has 2 bridgehead atoms. The average molecular weight is 397 g/mol. The SMILES string of the molecule is O=C(Cc1ccn[nH]1)N1CCCOc2cccc(c2)CCC2CCCCN2CC1. The Kier molecular flexibility index (Phi) is 6.83. The Morgan fingerprint density at radius 1 is 1.10 bits per heavy atom. The highest BCUT2D eigenvalue weighted by Crippen LogP contribution is 2.23. The van der Waals surface area contributed by atoms with Gasteiger partial charge >= 0.3 is 0 Å². The summed E-state index contributed by atoms with van der Waals surface area (Å²) in [6, 6.07) is 11.0. The molecule has 156 valence electrons. The summed E-state index contributed by atoms with van der Waals surface area (Å²) in [7, 11) is 0. The zero-order valence-corrected chi connectivity index (χ0v) is 17.2. The van der Waals surface area contributed by atoms with Crippen LogP contribution in [0.25, 0.3) is 0 Å². The number of aryl methyl sites for hydroxylation is 1. The lowest BCUT2D eigenvalue weighted by molar-refractivity contribution is -0.131. The first-order valence-corrected chi connectivity index (χ1v) is 11.0. The largest absolute Gasteiger partial charge is 0.494 e. The van der Waals surface area contributed by atoms with Gasteiger partial charge in [-0.1, -0.05) is 18.6 Å². The van der Waals surface area contributed by atoms with Crippen molar-refractivity contribution in [2.75, 3.05) is 32.8 Å². The number of carbonyl (C=O) groups excluding carboxylic acids is 1. The zero-order chi connectivity index (χ0) is 19.9. The van der Waals surface area contributed by atoms with Gasteiger partial charge in [-0.05, 0) is 62.4 Å². The van der Waals surface area contributed by atoms with Crippen LogP contribution in [0.4, 0.5) is 0 Å². The fraction of sp³-hybridized carbons (Fsp3) is 0.565. The number of ether oxygens (including phenoxy) is 1. The van der Waals surface area contributed by atoms with E-state index in [9.17, 15) is 4.79 Å². The van der Waals surface area contributed by atoms with E-state index < -0.39 is 0 Å². The second-order valence-corrected chi connectivity index (χ2v) is 8.21. The van der Waals surface area contributed by atoms with E-state index in [1.54, 1.807) is 6.20 Å². The molecule has 4 rings (SSSR count). The Morgan fingerprint density at radius 3 is 2.97 bits per heavy atom. The number of nitrogens with one attached hydrogen (secondary N) is 1. The van der Waals surface area contributed by atoms with Crippen molar-refractivity contribution < 1.29 is 9.53 Å². The summed E-state index contributed by atoms with van der Waals surface area (Å²) < 4.78 is 5.97. The Bertz CT molecular complexity index is 777. The number of aromatic nitrogens is 2. The summed E-state index contributed by atoms with van der Waals surface area (Å²) in [5.41, 5.74) is 2.24. The predicted molar refractivity (Wildman–Crippen MR) is 113 cm³/mol. The van der Waals surface area contributed by atoms with Crippen LogP contribution in [0.3, 0.4) is 0 Å². The molecule has 1 unspecified atom stereocenters. The van der Waals surface area contributed by atoms with Crippen molar-refractivity contribution in [2.24, 2.45) is 0 Å². The molecule has 2 aromatic rings. The van der Waals surface area contributed by atoms with Crippen molar-refractivity contribution in [1.29, 1.82) is 0 Å². The third kappa shape index (κ3) is 5.60. The van der Waals surface area contributed by atoms with Crippen LogP contribution in [0.2, 0.25) is 0 Å². The monoisotopic (exact) mass is 396 g/mol. The van der Waals surface area contributed by atoms with Gasteiger partial charge in [0.2, 0.25) is 5.91 Å². The number of aromatic amines is 1. The van der Waals surface area contributed by atoms with Crippen LogP contribution in [0.15, 0.2) is 36.5 Å². The highest BCUT2D eigenvalue weighted by atomic mass is 16.5. The summed E-state index contributed by atoms with van der Waals surface area (Å²) in [6.45, 7) is 4.25. The summed E-state index contributed by atoms with van der Waals surface area (Å²) in [4.78, 5) is 17.6. The van der Waals surface area contributed by atoms with Gasteiger partial charge in [-0.3, -0.25) is 14.8 Å². The fourth-order valence-electron chi connectivity index (χ4n) is 4.52. The van der Waals surface area contributed by atoms with Gasteiger partial charge in [0.15, 0.2) is 0 Å². The molecule has 6 nitrogen and oxygen atoms in total. The lowest BCUT2D eigenvalue weighted by atomic mass is 9.95. The first-order chi connectivity index (χ1) is 14.3. The van der Waals surface area contributed by atoms with E-state index in [4.69, 9.17) is 4.74 Å². The van der Waals surface area contributed by atoms with E-state index in [0.29, 0.717) is 19.1 Å². The third-order valence-corrected chi connectivity index (χ3v) is 6.16. The van der Waals surface area contributed by atoms with Gasteiger partial charge in [-0.15, -0.1) is 0 Å². The fourth-order valence-corrected chi connectivity index (χ4v) is 4.52. The molecule has 2 aliphatic rings. The molecule has 0 aliphatic carbocycles. The maximum atomic E-state index is 12.9. The average Bonchev–Trinajstić information content (AvgIpc) is 3.25. The van der Waals surface area contributed by atoms with Crippen molar-refractivity contribution in [3.05, 3.63) is 47.8 Å². The standard InChI is InChI=1S/C23H32N4O2/c28-23(18-20-10-11-24-25-20)27-13-4-16-29-22-7-3-5-19(17-22)8-9-21-6-1-2-12-26(21)14-15-27/h3,5,7,10-11,17,21H,1-2,4,6,8-9,12-16,18H2,(H,24,25). The molecule has 2 aliphatic heterocycles. The van der Waals surface area contributed by atoms with Crippen LogP contribution in [0, 0.1) is 0 Å². The number of nitrogens with zero attached hydrogens (tertiary/aromatic N) is 3. The normalized spacial score (nSPS) is 21.7. The van der Waals surface area contributed by atoms with Gasteiger partial charge in [0.1, 0.15) is 5.75 Å². The van der Waals surface area contributed by atoms with Gasteiger partial charge in [0.05, 0.1) is 13.0 Å². The summed E-state index contributed by atoms with van der Waals surface area (Å²) in [5, 5.41) is 6.87. The molecule has 0 radical (unpaired) electrons. The maximum Gasteiger partial charge on any atom is 0.228 e. The van der Waals surface area contributed by atoms with E-state index in [-0.39, 0.29) is 5.91 Å². The van der Waals surface area contributed by atoms with Crippen LogP contribution in [-0.4, -0.2) is 64.7 Å². The Balaban J connectivity index is 1.46. The van der Waals surface area contributed by atoms with E-state index >= 15 is 0 Å². The number of hydrogen-bond donors (Lipinski definition) is 1. The van der Waals surface area contributed by atoms with E-state index in [1.165, 1.54) is 31.2 Å². The van der Waals surface area contributed by atoms with Gasteiger partial charge in [0.25, 0.3) is 0 Å². The topological polar surface area (TPSA) is 61.5 Å². The minimum atomic E-state index is 0.164. The number of carbonyl (C=O) groups is 1. The minimum Gasteiger partial charge on any atom is -0.494 e. The maximum absolute atomic E-state index is 12.9. The Hall–Kier alpha value is -2.34. The Morgan fingerprint density at radius 2 is 2.07 bits per heavy atom. The quantitative estimate of drug-likeness (QED) is 0.848. The number of H-pyrrole nitrogens is 1. The molecule has 1 N–H and O–H groups in total. The number of amides is 1. The third-order valence-electron chi connectivity index (χ3n) is 6.16. The number of benzene rings is 1. The summed E-state index contributed by atoms with van der Waals surface area (Å²) >= 11 is 0. The second-order valence-electron chi connectivity index (χ2n) is 8.21. The number of rotatable bonds is 2. The molecular formula is C23H32N4O2. The summed E-state index contributed by atoms with van der Waals surface area (Å²) in [6.07, 6.45) is 9.01. The van der Waals surface area contributed by atoms with E-state index in [2.05, 4.69) is 33.3 Å². The lowest BCUT2D eigenvalue weighted by Gasteiger charge is -2.37. The van der Waals surface area contributed by atoms with Crippen molar-refractivity contribution in [3.63, 3.8) is 0 Å². The zero-order valence-electron chi connectivity index (χ0n) is 17.2. The molecule has 0 saturated carbocycles. The molecule has 1 amide bonds. The van der Waals surface area contributed by atoms with Crippen molar-refractivity contribution in [1.82, 2.24) is 20.0 Å². The van der Waals surface area contributed by atoms with Crippen LogP contribution >= 0.6 is 0 Å². The molecular weight excluding hydrogens is 364 g/mol. The minimum absolute atomic E-state index is 0.164. The van der Waals surface area contributed by atoms with Crippen molar-refractivity contribution in [3.8, 4) is 5.75 Å². The number of fused-ring (bicyclic) bond motifs is 3. The Labute approximate surface area is 173 Å². The van der Waals surface area contributed by atoms with Crippen LogP contribution in [0.5, 0.6) is 5.75 Å². The van der Waals surface area contributed by atoms with Crippen LogP contribution in [0.1, 0.15) is 43.4 Å². The molecule has 1 aromatic heterocycles. The predicted octanol–water partition coefficient (Wildman–Crippen LogP) is 3.05. The molecule has 1 fully saturated rings. The van der Waals surface area contributed by atoms with Crippen LogP contribution < -0.4 is 4.74 Å². The number of hydrogen-bond acceptors (Lipinski definition) is 4. The molecule has 29 heavy (non-hydrogen) atoms. The van der Waals surface area contributed by atoms with Gasteiger partial charge in [-0.25, -0.2) is 0 Å². The molecule has 6 heteroatoms. The van der Waals surface area contributed by atoms with E-state index in [0.717, 1.165) is 50.5 Å². The molecule has 1 aromatic carbocycles. The lowest BCUT2D eigenvalue weighted by Crippen LogP contribution is -2.46. The molecule has 3 heterocycles. The van der Waals surface area contributed by atoms with Crippen molar-refractivity contribution >= 4 is 5.91 Å². The molecule has 1 saturated heterocycles. The van der Waals surface area contributed by atoms with Gasteiger partial charge < -0.3 is 9.64 Å². The number of piperidine rings is 1. The van der Waals surface area contributed by atoms with Crippen molar-refractivity contribution in [2.45, 2.75) is 51.0 Å². The second kappa shape index (κ2) is 9.92. The van der Waals surface area contributed by atoms with Gasteiger partial charge in [0, 0.05) is 37.6 Å². The molecule has 0 spiro atoms. The first kappa shape index (κ1) is 20.0.